The van der Waals surface area contributed by atoms with Crippen LogP contribution in [0.5, 0.6) is 0 Å². The van der Waals surface area contributed by atoms with Gasteiger partial charge in [-0.3, -0.25) is 0 Å². The number of aromatic nitrogens is 1. The molecule has 1 unspecified atom stereocenters. The minimum absolute atomic E-state index is 0.513. The molecule has 0 spiro atoms. The summed E-state index contributed by atoms with van der Waals surface area (Å²) in [6.07, 6.45) is 6.99. The van der Waals surface area contributed by atoms with Crippen LogP contribution in [-0.2, 0) is 12.8 Å². The van der Waals surface area contributed by atoms with E-state index in [1.165, 1.54) is 36.3 Å². The minimum atomic E-state index is 0.513. The Kier molecular flexibility index (Phi) is 4.10. The quantitative estimate of drug-likeness (QED) is 0.850. The Morgan fingerprint density at radius 1 is 1.44 bits per heavy atom. The van der Waals surface area contributed by atoms with Gasteiger partial charge in [0.15, 0.2) is 0 Å². The van der Waals surface area contributed by atoms with Gasteiger partial charge in [-0.2, -0.15) is 11.8 Å². The number of rotatable bonds is 5. The highest BCUT2D eigenvalue weighted by Gasteiger charge is 2.12. The predicted molar refractivity (Wildman–Crippen MR) is 72.3 cm³/mol. The van der Waals surface area contributed by atoms with Gasteiger partial charge >= 0.3 is 0 Å². The number of aryl methyl sites for hydroxylation is 2. The summed E-state index contributed by atoms with van der Waals surface area (Å²) in [7, 11) is 0. The minimum Gasteiger partial charge on any atom is -0.368 e. The van der Waals surface area contributed by atoms with E-state index in [1.54, 1.807) is 0 Å². The smallest absolute Gasteiger partial charge is 0.126 e. The van der Waals surface area contributed by atoms with E-state index in [4.69, 9.17) is 0 Å². The summed E-state index contributed by atoms with van der Waals surface area (Å²) < 4.78 is 0. The second kappa shape index (κ2) is 5.58. The lowest BCUT2D eigenvalue weighted by Gasteiger charge is -2.14. The van der Waals surface area contributed by atoms with Crippen molar-refractivity contribution >= 4 is 17.6 Å². The molecule has 16 heavy (non-hydrogen) atoms. The summed E-state index contributed by atoms with van der Waals surface area (Å²) in [4.78, 5) is 4.68. The van der Waals surface area contributed by atoms with Gasteiger partial charge in [0.1, 0.15) is 5.82 Å². The number of thioether (sulfide) groups is 1. The summed E-state index contributed by atoms with van der Waals surface area (Å²) in [6, 6.07) is 4.87. The van der Waals surface area contributed by atoms with Crippen LogP contribution in [0.4, 0.5) is 5.82 Å². The third-order valence-electron chi connectivity index (χ3n) is 3.08. The number of fused-ring (bicyclic) bond motifs is 1. The van der Waals surface area contributed by atoms with E-state index >= 15 is 0 Å². The first-order valence-electron chi connectivity index (χ1n) is 6.04. The molecule has 0 radical (unpaired) electrons. The Hall–Kier alpha value is -0.700. The normalized spacial score (nSPS) is 15.9. The molecule has 1 aliphatic rings. The van der Waals surface area contributed by atoms with Gasteiger partial charge in [-0.25, -0.2) is 4.98 Å². The van der Waals surface area contributed by atoms with Crippen LogP contribution in [0.15, 0.2) is 12.1 Å². The fraction of sp³-hybridized carbons (Fsp3) is 0.615. The zero-order valence-electron chi connectivity index (χ0n) is 10.1. The first-order valence-corrected chi connectivity index (χ1v) is 7.43. The molecule has 2 nitrogen and oxygen atoms in total. The van der Waals surface area contributed by atoms with Crippen LogP contribution in [0.3, 0.4) is 0 Å². The van der Waals surface area contributed by atoms with Crippen molar-refractivity contribution in [2.24, 2.45) is 0 Å². The van der Waals surface area contributed by atoms with Crippen LogP contribution in [0.25, 0.3) is 0 Å². The van der Waals surface area contributed by atoms with E-state index in [-0.39, 0.29) is 0 Å². The second-order valence-electron chi connectivity index (χ2n) is 4.48. The molecule has 1 aromatic heterocycles. The Labute approximate surface area is 102 Å². The number of nitrogens with zero attached hydrogens (tertiary/aromatic N) is 1. The Morgan fingerprint density at radius 2 is 2.31 bits per heavy atom. The molecule has 0 amide bonds. The highest BCUT2D eigenvalue weighted by Crippen LogP contribution is 2.22. The number of hydrogen-bond acceptors (Lipinski definition) is 3. The maximum atomic E-state index is 4.68. The first kappa shape index (κ1) is 11.8. The summed E-state index contributed by atoms with van der Waals surface area (Å²) in [5.74, 6) is 2.26. The van der Waals surface area contributed by atoms with Crippen LogP contribution in [0.1, 0.15) is 31.0 Å². The lowest BCUT2D eigenvalue weighted by molar-refractivity contribution is 0.765. The van der Waals surface area contributed by atoms with Gasteiger partial charge in [-0.1, -0.05) is 6.07 Å². The van der Waals surface area contributed by atoms with Crippen LogP contribution in [0.2, 0.25) is 0 Å². The highest BCUT2D eigenvalue weighted by atomic mass is 32.2. The molecule has 1 aromatic rings. The molecule has 0 saturated carbocycles. The predicted octanol–water partition coefficient (Wildman–Crippen LogP) is 3.12. The van der Waals surface area contributed by atoms with Crippen LogP contribution in [0, 0.1) is 0 Å². The maximum absolute atomic E-state index is 4.68. The van der Waals surface area contributed by atoms with Crippen molar-refractivity contribution in [3.05, 3.63) is 23.4 Å². The lowest BCUT2D eigenvalue weighted by Crippen LogP contribution is -2.17. The van der Waals surface area contributed by atoms with Gasteiger partial charge in [-0.05, 0) is 56.2 Å². The Morgan fingerprint density at radius 3 is 3.12 bits per heavy atom. The zero-order chi connectivity index (χ0) is 11.4. The molecule has 0 aliphatic heterocycles. The molecular weight excluding hydrogens is 216 g/mol. The molecule has 1 aliphatic carbocycles. The number of pyridine rings is 1. The SMILES string of the molecule is CSCCC(C)Nc1ccc2c(n1)CCC2. The summed E-state index contributed by atoms with van der Waals surface area (Å²) in [6.45, 7) is 2.23. The van der Waals surface area contributed by atoms with Crippen LogP contribution in [-0.4, -0.2) is 23.0 Å². The highest BCUT2D eigenvalue weighted by molar-refractivity contribution is 7.98. The zero-order valence-corrected chi connectivity index (χ0v) is 10.9. The van der Waals surface area contributed by atoms with E-state index < -0.39 is 0 Å². The molecule has 0 saturated heterocycles. The molecule has 1 N–H and O–H groups in total. The van der Waals surface area contributed by atoms with Crippen molar-refractivity contribution in [2.45, 2.75) is 38.6 Å². The number of hydrogen-bond donors (Lipinski definition) is 1. The third-order valence-corrected chi connectivity index (χ3v) is 3.72. The van der Waals surface area contributed by atoms with E-state index in [2.05, 4.69) is 35.6 Å². The topological polar surface area (TPSA) is 24.9 Å². The molecule has 2 rings (SSSR count). The molecule has 0 fully saturated rings. The van der Waals surface area contributed by atoms with Crippen molar-refractivity contribution < 1.29 is 0 Å². The molecule has 3 heteroatoms. The van der Waals surface area contributed by atoms with Gasteiger partial charge in [-0.15, -0.1) is 0 Å². The van der Waals surface area contributed by atoms with Crippen LogP contribution < -0.4 is 5.32 Å². The van der Waals surface area contributed by atoms with Crippen molar-refractivity contribution in [3.63, 3.8) is 0 Å². The number of anilines is 1. The maximum Gasteiger partial charge on any atom is 0.126 e. The molecule has 1 atom stereocenters. The average molecular weight is 236 g/mol. The fourth-order valence-corrected chi connectivity index (χ4v) is 2.71. The average Bonchev–Trinajstić information content (AvgIpc) is 2.73. The van der Waals surface area contributed by atoms with E-state index in [0.717, 1.165) is 12.2 Å². The molecular formula is C13H20N2S. The summed E-state index contributed by atoms with van der Waals surface area (Å²) in [5, 5.41) is 3.48. The standard InChI is InChI=1S/C13H20N2S/c1-10(8-9-16-2)14-13-7-6-11-4-3-5-12(11)15-13/h6-7,10H,3-5,8-9H2,1-2H3,(H,14,15). The van der Waals surface area contributed by atoms with Crippen molar-refractivity contribution in [1.29, 1.82) is 0 Å². The Balaban J connectivity index is 1.94. The first-order chi connectivity index (χ1) is 7.79. The lowest BCUT2D eigenvalue weighted by atomic mass is 10.2. The molecule has 1 heterocycles. The van der Waals surface area contributed by atoms with Gasteiger partial charge < -0.3 is 5.32 Å². The van der Waals surface area contributed by atoms with Gasteiger partial charge in [0, 0.05) is 11.7 Å². The third kappa shape index (κ3) is 2.91. The van der Waals surface area contributed by atoms with E-state index in [1.807, 2.05) is 11.8 Å². The fourth-order valence-electron chi connectivity index (χ4n) is 2.12. The summed E-state index contributed by atoms with van der Waals surface area (Å²) >= 11 is 1.90. The van der Waals surface area contributed by atoms with E-state index in [9.17, 15) is 0 Å². The molecule has 0 aromatic carbocycles. The second-order valence-corrected chi connectivity index (χ2v) is 5.47. The van der Waals surface area contributed by atoms with Crippen molar-refractivity contribution in [2.75, 3.05) is 17.3 Å². The molecule has 0 bridgehead atoms. The van der Waals surface area contributed by atoms with Gasteiger partial charge in [0.25, 0.3) is 0 Å². The van der Waals surface area contributed by atoms with Crippen molar-refractivity contribution in [1.82, 2.24) is 4.98 Å². The largest absolute Gasteiger partial charge is 0.368 e. The molecule has 88 valence electrons. The summed E-state index contributed by atoms with van der Waals surface area (Å²) in [5.41, 5.74) is 2.75. The van der Waals surface area contributed by atoms with Gasteiger partial charge in [0.05, 0.1) is 0 Å². The van der Waals surface area contributed by atoms with Gasteiger partial charge in [0.2, 0.25) is 0 Å². The van der Waals surface area contributed by atoms with Crippen LogP contribution >= 0.6 is 11.8 Å². The van der Waals surface area contributed by atoms with Crippen molar-refractivity contribution in [3.8, 4) is 0 Å². The monoisotopic (exact) mass is 236 g/mol. The van der Waals surface area contributed by atoms with E-state index in [0.29, 0.717) is 6.04 Å². The number of nitrogens with one attached hydrogen (secondary N) is 1. The Bertz CT molecular complexity index is 352.